The third-order valence-corrected chi connectivity index (χ3v) is 8.19. The third kappa shape index (κ3) is 10.5. The van der Waals surface area contributed by atoms with E-state index in [2.05, 4.69) is 5.32 Å². The summed E-state index contributed by atoms with van der Waals surface area (Å²) in [7, 11) is 0. The minimum atomic E-state index is -1.12. The number of carbonyl (C=O) groups is 1. The van der Waals surface area contributed by atoms with E-state index in [-0.39, 0.29) is 26.4 Å². The molecule has 1 amide bonds. The molecule has 6 atom stereocenters. The predicted molar refractivity (Wildman–Crippen MR) is 184 cm³/mol. The quantitative estimate of drug-likeness (QED) is 0.154. The molecule has 8 heteroatoms. The molecule has 0 saturated heterocycles. The number of ether oxygens (including phenoxy) is 5. The van der Waals surface area contributed by atoms with Gasteiger partial charge in [0.05, 0.1) is 51.3 Å². The van der Waals surface area contributed by atoms with E-state index in [1.54, 1.807) is 20.8 Å². The molecule has 0 heterocycles. The molecule has 4 aromatic rings. The highest BCUT2D eigenvalue weighted by Crippen LogP contribution is 2.35. The Morgan fingerprint density at radius 1 is 0.604 bits per heavy atom. The van der Waals surface area contributed by atoms with Crippen LogP contribution in [0.3, 0.4) is 0 Å². The van der Waals surface area contributed by atoms with Crippen LogP contribution in [0.25, 0.3) is 0 Å². The Bertz CT molecular complexity index is 1500. The topological polar surface area (TPSA) is 95.5 Å². The van der Waals surface area contributed by atoms with Crippen molar-refractivity contribution in [2.24, 2.45) is 5.92 Å². The van der Waals surface area contributed by atoms with Crippen LogP contribution >= 0.6 is 0 Å². The highest BCUT2D eigenvalue weighted by molar-refractivity contribution is 5.68. The van der Waals surface area contributed by atoms with Crippen LogP contribution in [0.1, 0.15) is 43.0 Å². The number of amides is 1. The zero-order chi connectivity index (χ0) is 33.8. The van der Waals surface area contributed by atoms with E-state index >= 15 is 0 Å². The zero-order valence-corrected chi connectivity index (χ0v) is 27.9. The van der Waals surface area contributed by atoms with E-state index in [9.17, 15) is 9.90 Å². The molecule has 4 aromatic carbocycles. The second kappa shape index (κ2) is 17.4. The Morgan fingerprint density at radius 2 is 1.00 bits per heavy atom. The second-order valence-corrected chi connectivity index (χ2v) is 13.1. The Morgan fingerprint density at radius 3 is 1.44 bits per heavy atom. The Labute approximate surface area is 284 Å². The first-order chi connectivity index (χ1) is 23.3. The minimum absolute atomic E-state index is 0.151. The number of hydrogen-bond donors (Lipinski definition) is 2. The van der Waals surface area contributed by atoms with Gasteiger partial charge in [0.1, 0.15) is 17.8 Å². The lowest BCUT2D eigenvalue weighted by Crippen LogP contribution is -2.68. The summed E-state index contributed by atoms with van der Waals surface area (Å²) in [6.07, 6.45) is -3.94. The third-order valence-electron chi connectivity index (χ3n) is 8.19. The molecule has 8 nitrogen and oxygen atoms in total. The smallest absolute Gasteiger partial charge is 0.408 e. The molecule has 254 valence electrons. The van der Waals surface area contributed by atoms with Gasteiger partial charge in [0.2, 0.25) is 0 Å². The van der Waals surface area contributed by atoms with Crippen molar-refractivity contribution in [3.8, 4) is 0 Å². The van der Waals surface area contributed by atoms with Gasteiger partial charge in [0.15, 0.2) is 0 Å². The maximum Gasteiger partial charge on any atom is 0.408 e. The van der Waals surface area contributed by atoms with Crippen molar-refractivity contribution < 1.29 is 33.6 Å². The Kier molecular flexibility index (Phi) is 12.8. The number of alkyl carbamates (subject to hydrolysis) is 1. The summed E-state index contributed by atoms with van der Waals surface area (Å²) in [6, 6.07) is 38.5. The average Bonchev–Trinajstić information content (AvgIpc) is 3.09. The molecule has 2 N–H and O–H groups in total. The van der Waals surface area contributed by atoms with Crippen LogP contribution in [-0.2, 0) is 50.1 Å². The fraction of sp³-hybridized carbons (Fsp3) is 0.375. The molecule has 0 aromatic heterocycles. The largest absolute Gasteiger partial charge is 0.444 e. The Balaban J connectivity index is 1.49. The van der Waals surface area contributed by atoms with Gasteiger partial charge >= 0.3 is 6.09 Å². The maximum atomic E-state index is 13.3. The molecule has 0 aliphatic heterocycles. The standard InChI is InChI=1S/C40H47NO7/c1-40(2,3)48-39(43)41-34-35(42)33(28-44-24-29-16-8-4-9-17-29)36(45-25-30-18-10-5-11-19-30)38(47-27-32-22-14-7-15-23-32)37(34)46-26-31-20-12-6-13-21-31/h4-23,33-38,42H,24-28H2,1-3H3,(H,41,43)/t33-,34-,35+,36+,37-,38-/m0/s1. The van der Waals surface area contributed by atoms with E-state index < -0.39 is 48.1 Å². The lowest BCUT2D eigenvalue weighted by molar-refractivity contribution is -0.229. The van der Waals surface area contributed by atoms with E-state index in [4.69, 9.17) is 23.7 Å². The van der Waals surface area contributed by atoms with Crippen molar-refractivity contribution in [2.45, 2.75) is 83.3 Å². The molecule has 1 saturated carbocycles. The number of aliphatic hydroxyl groups is 1. The maximum absolute atomic E-state index is 13.3. The van der Waals surface area contributed by atoms with Gasteiger partial charge in [0, 0.05) is 5.92 Å². The fourth-order valence-electron chi connectivity index (χ4n) is 5.89. The first-order valence-corrected chi connectivity index (χ1v) is 16.5. The first kappa shape index (κ1) is 35.3. The number of benzene rings is 4. The summed E-state index contributed by atoms with van der Waals surface area (Å²) >= 11 is 0. The molecule has 0 radical (unpaired) electrons. The van der Waals surface area contributed by atoms with Gasteiger partial charge in [-0.05, 0) is 43.0 Å². The van der Waals surface area contributed by atoms with Crippen LogP contribution in [0, 0.1) is 5.92 Å². The summed E-state index contributed by atoms with van der Waals surface area (Å²) in [5.74, 6) is -0.588. The average molecular weight is 654 g/mol. The van der Waals surface area contributed by atoms with E-state index in [1.165, 1.54) is 0 Å². The van der Waals surface area contributed by atoms with Gasteiger partial charge in [-0.25, -0.2) is 4.79 Å². The highest BCUT2D eigenvalue weighted by atomic mass is 16.6. The highest BCUT2D eigenvalue weighted by Gasteiger charge is 2.53. The predicted octanol–water partition coefficient (Wildman–Crippen LogP) is 6.84. The molecular weight excluding hydrogens is 606 g/mol. The Hall–Kier alpha value is -4.05. The van der Waals surface area contributed by atoms with Gasteiger partial charge in [-0.1, -0.05) is 121 Å². The van der Waals surface area contributed by atoms with Crippen LogP contribution in [0.15, 0.2) is 121 Å². The number of hydrogen-bond acceptors (Lipinski definition) is 7. The summed E-state index contributed by atoms with van der Waals surface area (Å²) in [6.45, 7) is 6.69. The summed E-state index contributed by atoms with van der Waals surface area (Å²) in [4.78, 5) is 13.3. The van der Waals surface area contributed by atoms with E-state index in [0.29, 0.717) is 6.61 Å². The van der Waals surface area contributed by atoms with Gasteiger partial charge in [-0.15, -0.1) is 0 Å². The number of rotatable bonds is 14. The van der Waals surface area contributed by atoms with Crippen molar-refractivity contribution in [3.05, 3.63) is 144 Å². The molecule has 1 aliphatic rings. The van der Waals surface area contributed by atoms with Crippen molar-refractivity contribution in [3.63, 3.8) is 0 Å². The van der Waals surface area contributed by atoms with Crippen molar-refractivity contribution in [1.82, 2.24) is 5.32 Å². The van der Waals surface area contributed by atoms with E-state index in [0.717, 1.165) is 22.3 Å². The molecule has 0 unspecified atom stereocenters. The summed E-state index contributed by atoms with van der Waals surface area (Å²) in [5, 5.41) is 15.1. The van der Waals surface area contributed by atoms with Gasteiger partial charge < -0.3 is 34.1 Å². The molecule has 1 aliphatic carbocycles. The normalized spacial score (nSPS) is 22.6. The molecule has 0 spiro atoms. The summed E-state index contributed by atoms with van der Waals surface area (Å²) < 4.78 is 31.9. The van der Waals surface area contributed by atoms with Crippen molar-refractivity contribution in [2.75, 3.05) is 6.61 Å². The minimum Gasteiger partial charge on any atom is -0.444 e. The zero-order valence-electron chi connectivity index (χ0n) is 27.9. The fourth-order valence-corrected chi connectivity index (χ4v) is 5.89. The monoisotopic (exact) mass is 653 g/mol. The number of aliphatic hydroxyl groups excluding tert-OH is 1. The molecule has 1 fully saturated rings. The van der Waals surface area contributed by atoms with Crippen LogP contribution < -0.4 is 5.32 Å². The van der Waals surface area contributed by atoms with Gasteiger partial charge in [-0.3, -0.25) is 0 Å². The number of carbonyl (C=O) groups excluding carboxylic acids is 1. The molecule has 5 rings (SSSR count). The van der Waals surface area contributed by atoms with Crippen molar-refractivity contribution >= 4 is 6.09 Å². The van der Waals surface area contributed by atoms with E-state index in [1.807, 2.05) is 121 Å². The lowest BCUT2D eigenvalue weighted by atomic mass is 9.76. The molecular formula is C40H47NO7. The molecule has 0 bridgehead atoms. The SMILES string of the molecule is CC(C)(C)OC(=O)N[C@H]1[C@H](O)[C@H](COCc2ccccc2)[C@@H](OCc2ccccc2)[C@H](OCc2ccccc2)[C@H]1OCc1ccccc1. The van der Waals surface area contributed by atoms with Crippen LogP contribution in [-0.4, -0.2) is 53.9 Å². The van der Waals surface area contributed by atoms with Gasteiger partial charge in [-0.2, -0.15) is 0 Å². The second-order valence-electron chi connectivity index (χ2n) is 13.1. The lowest BCUT2D eigenvalue weighted by Gasteiger charge is -2.49. The van der Waals surface area contributed by atoms with Crippen LogP contribution in [0.2, 0.25) is 0 Å². The first-order valence-electron chi connectivity index (χ1n) is 16.5. The van der Waals surface area contributed by atoms with Crippen molar-refractivity contribution in [1.29, 1.82) is 0 Å². The number of nitrogens with one attached hydrogen (secondary N) is 1. The van der Waals surface area contributed by atoms with Crippen LogP contribution in [0.4, 0.5) is 4.79 Å². The molecule has 48 heavy (non-hydrogen) atoms. The van der Waals surface area contributed by atoms with Crippen LogP contribution in [0.5, 0.6) is 0 Å². The van der Waals surface area contributed by atoms with Gasteiger partial charge in [0.25, 0.3) is 0 Å². The summed E-state index contributed by atoms with van der Waals surface area (Å²) in [5.41, 5.74) is 3.16.